The van der Waals surface area contributed by atoms with Gasteiger partial charge in [0.15, 0.2) is 0 Å². The Labute approximate surface area is 196 Å². The van der Waals surface area contributed by atoms with Gasteiger partial charge in [-0.25, -0.2) is 14.1 Å². The molecular weight excluding hydrogens is 435 g/mol. The first-order valence-electron chi connectivity index (χ1n) is 10.9. The average molecular weight is 458 g/mol. The van der Waals surface area contributed by atoms with Crippen LogP contribution in [0.2, 0.25) is 0 Å². The molecule has 2 fully saturated rings. The fourth-order valence-corrected chi connectivity index (χ4v) is 4.46. The van der Waals surface area contributed by atoms with Crippen molar-refractivity contribution in [3.8, 4) is 6.07 Å². The van der Waals surface area contributed by atoms with Crippen molar-refractivity contribution >= 4 is 34.3 Å². The average Bonchev–Trinajstić information content (AvgIpc) is 3.37. The number of urea groups is 1. The number of anilines is 1. The van der Waals surface area contributed by atoms with Gasteiger partial charge in [-0.3, -0.25) is 9.59 Å². The summed E-state index contributed by atoms with van der Waals surface area (Å²) in [5, 5.41) is 13.5. The number of hydrogen-bond acceptors (Lipinski definition) is 4. The predicted molar refractivity (Wildman–Crippen MR) is 125 cm³/mol. The molecule has 4 amide bonds. The molecule has 7 nitrogen and oxygen atoms in total. The van der Waals surface area contributed by atoms with E-state index in [4.69, 9.17) is 0 Å². The highest BCUT2D eigenvalue weighted by Gasteiger charge is 2.52. The van der Waals surface area contributed by atoms with Crippen molar-refractivity contribution in [3.63, 3.8) is 0 Å². The molecule has 2 unspecified atom stereocenters. The normalized spacial score (nSPS) is 18.9. The summed E-state index contributed by atoms with van der Waals surface area (Å²) in [4.78, 5) is 40.1. The highest BCUT2D eigenvalue weighted by Crippen LogP contribution is 2.38. The van der Waals surface area contributed by atoms with Gasteiger partial charge in [-0.05, 0) is 30.7 Å². The lowest BCUT2D eigenvalue weighted by Crippen LogP contribution is -2.39. The van der Waals surface area contributed by atoms with Gasteiger partial charge in [-0.15, -0.1) is 0 Å². The largest absolute Gasteiger partial charge is 0.356 e. The van der Waals surface area contributed by atoms with E-state index in [1.165, 1.54) is 24.0 Å². The summed E-state index contributed by atoms with van der Waals surface area (Å²) in [7, 11) is 0. The van der Waals surface area contributed by atoms with Crippen molar-refractivity contribution in [2.24, 2.45) is 5.92 Å². The van der Waals surface area contributed by atoms with Crippen molar-refractivity contribution in [2.45, 2.75) is 19.4 Å². The van der Waals surface area contributed by atoms with Crippen LogP contribution in [-0.4, -0.2) is 41.9 Å². The zero-order chi connectivity index (χ0) is 24.2. The van der Waals surface area contributed by atoms with Gasteiger partial charge < -0.3 is 10.2 Å². The fraction of sp³-hybridized carbons (Fsp3) is 0.231. The topological polar surface area (TPSA) is 93.5 Å². The third kappa shape index (κ3) is 4.33. The number of halogens is 1. The van der Waals surface area contributed by atoms with Crippen LogP contribution in [0.25, 0.3) is 10.8 Å². The minimum absolute atomic E-state index is 0.0972. The van der Waals surface area contributed by atoms with Crippen LogP contribution in [0.1, 0.15) is 18.9 Å². The molecule has 0 bridgehead atoms. The molecule has 2 aliphatic rings. The van der Waals surface area contributed by atoms with Gasteiger partial charge in [0.25, 0.3) is 5.91 Å². The summed E-state index contributed by atoms with van der Waals surface area (Å²) < 4.78 is 11.9. The molecule has 0 saturated carbocycles. The Morgan fingerprint density at radius 3 is 2.35 bits per heavy atom. The minimum Gasteiger partial charge on any atom is -0.356 e. The van der Waals surface area contributed by atoms with Gasteiger partial charge >= 0.3 is 6.03 Å². The second-order valence-electron chi connectivity index (χ2n) is 8.17. The Morgan fingerprint density at radius 1 is 1.06 bits per heavy atom. The Balaban J connectivity index is 0.000000336. The fourth-order valence-electron chi connectivity index (χ4n) is 4.46. The molecule has 0 aromatic heterocycles. The number of imide groups is 1. The molecular formula is C26H23FN4O3. The maximum Gasteiger partial charge on any atom is 0.332 e. The van der Waals surface area contributed by atoms with Gasteiger partial charge in [-0.2, -0.15) is 5.26 Å². The second kappa shape index (κ2) is 9.71. The van der Waals surface area contributed by atoms with E-state index >= 15 is 0 Å². The maximum atomic E-state index is 13.1. The van der Waals surface area contributed by atoms with Crippen molar-refractivity contribution in [3.05, 3.63) is 78.1 Å². The number of nitriles is 1. The summed E-state index contributed by atoms with van der Waals surface area (Å²) in [5.41, 5.74) is 0.991. The van der Waals surface area contributed by atoms with Gasteiger partial charge in [0.05, 0.1) is 17.3 Å². The number of nitrogens with zero attached hydrogens (tertiary/aromatic N) is 3. The molecule has 2 saturated heterocycles. The van der Waals surface area contributed by atoms with Gasteiger partial charge in [0.2, 0.25) is 5.91 Å². The van der Waals surface area contributed by atoms with Gasteiger partial charge in [-0.1, -0.05) is 42.5 Å². The summed E-state index contributed by atoms with van der Waals surface area (Å²) >= 11 is 0. The molecule has 2 heterocycles. The van der Waals surface area contributed by atoms with Crippen LogP contribution in [0.5, 0.6) is 0 Å². The van der Waals surface area contributed by atoms with Gasteiger partial charge in [0, 0.05) is 36.7 Å². The van der Waals surface area contributed by atoms with E-state index in [-0.39, 0.29) is 29.6 Å². The van der Waals surface area contributed by atoms with E-state index in [0.29, 0.717) is 41.5 Å². The van der Waals surface area contributed by atoms with Crippen molar-refractivity contribution in [1.82, 2.24) is 10.2 Å². The first-order chi connectivity index (χ1) is 16.4. The number of carbonyl (C=O) groups excluding carboxylic acids is 3. The lowest BCUT2D eigenvalue weighted by atomic mass is 9.99. The number of rotatable bonds is 3. The lowest BCUT2D eigenvalue weighted by Gasteiger charge is -2.19. The van der Waals surface area contributed by atoms with E-state index in [1.54, 1.807) is 35.2 Å². The number of fused-ring (bicyclic) bond motifs is 2. The first kappa shape index (κ1) is 22.9. The first-order valence-corrected chi connectivity index (χ1v) is 10.9. The minimum atomic E-state index is -0.557. The third-order valence-electron chi connectivity index (χ3n) is 6.04. The smallest absolute Gasteiger partial charge is 0.332 e. The zero-order valence-electron chi connectivity index (χ0n) is 18.6. The number of nitrogens with one attached hydrogen (secondary N) is 1. The molecule has 0 radical (unpaired) electrons. The van der Waals surface area contributed by atoms with Crippen molar-refractivity contribution in [1.29, 1.82) is 5.26 Å². The number of amides is 4. The predicted octanol–water partition coefficient (Wildman–Crippen LogP) is 3.83. The summed E-state index contributed by atoms with van der Waals surface area (Å²) in [6, 6.07) is 19.7. The molecule has 8 heteroatoms. The third-order valence-corrected chi connectivity index (χ3v) is 6.04. The number of carbonyl (C=O) groups is 3. The summed E-state index contributed by atoms with van der Waals surface area (Å²) in [6.45, 7) is 2.30. The molecule has 172 valence electrons. The Kier molecular flexibility index (Phi) is 6.55. The maximum absolute atomic E-state index is 13.1. The summed E-state index contributed by atoms with van der Waals surface area (Å²) in [6.07, 6.45) is 0.685. The molecule has 2 atom stereocenters. The van der Waals surface area contributed by atoms with E-state index in [2.05, 4.69) is 11.4 Å². The zero-order valence-corrected chi connectivity index (χ0v) is 18.6. The van der Waals surface area contributed by atoms with Crippen LogP contribution in [-0.2, 0) is 9.59 Å². The Bertz CT molecular complexity index is 1290. The highest BCUT2D eigenvalue weighted by molar-refractivity contribution is 6.24. The van der Waals surface area contributed by atoms with Crippen LogP contribution in [0, 0.1) is 23.1 Å². The van der Waals surface area contributed by atoms with Crippen LogP contribution in [0.4, 0.5) is 14.9 Å². The van der Waals surface area contributed by atoms with E-state index in [9.17, 15) is 24.0 Å². The van der Waals surface area contributed by atoms with E-state index in [0.717, 1.165) is 0 Å². The molecule has 2 aliphatic heterocycles. The van der Waals surface area contributed by atoms with Crippen LogP contribution < -0.4 is 10.2 Å². The Hall–Kier alpha value is -4.25. The molecule has 3 aromatic rings. The van der Waals surface area contributed by atoms with Crippen LogP contribution >= 0.6 is 0 Å². The van der Waals surface area contributed by atoms with Crippen molar-refractivity contribution in [2.75, 3.05) is 18.0 Å². The number of hydrogen-bond donors (Lipinski definition) is 1. The standard InChI is InChI=1S/C20H18N4O3.C6H5F/c1-12(25)22-11-14-8-9-23-18(14)19(26)24(20(23)27)17-7-6-13(10-21)15-4-2-3-5-16(15)17;7-6-4-2-1-3-5-6/h2-7,14,18H,8-9,11H2,1H3,(H,22,25);1-5H. The monoisotopic (exact) mass is 458 g/mol. The molecule has 5 rings (SSSR count). The second-order valence-corrected chi connectivity index (χ2v) is 8.17. The molecule has 34 heavy (non-hydrogen) atoms. The van der Waals surface area contributed by atoms with E-state index < -0.39 is 6.04 Å². The lowest BCUT2D eigenvalue weighted by molar-refractivity contribution is -0.121. The molecule has 3 aromatic carbocycles. The van der Waals surface area contributed by atoms with Crippen molar-refractivity contribution < 1.29 is 18.8 Å². The summed E-state index contributed by atoms with van der Waals surface area (Å²) in [5.74, 6) is -0.703. The van der Waals surface area contributed by atoms with Crippen LogP contribution in [0.15, 0.2) is 66.7 Å². The van der Waals surface area contributed by atoms with Gasteiger partial charge in [0.1, 0.15) is 11.9 Å². The molecule has 0 spiro atoms. The quantitative estimate of drug-likeness (QED) is 0.604. The number of benzene rings is 3. The highest BCUT2D eigenvalue weighted by atomic mass is 19.1. The molecule has 1 N–H and O–H groups in total. The molecule has 0 aliphatic carbocycles. The van der Waals surface area contributed by atoms with E-state index in [1.807, 2.05) is 24.3 Å². The van der Waals surface area contributed by atoms with Crippen LogP contribution in [0.3, 0.4) is 0 Å². The Morgan fingerprint density at radius 2 is 1.74 bits per heavy atom. The SMILES string of the molecule is CC(=O)NCC1CCN2C(=O)N(c3ccc(C#N)c4ccccc34)C(=O)C12.Fc1ccccc1.